The summed E-state index contributed by atoms with van der Waals surface area (Å²) in [7, 11) is 1.68. The first-order valence-corrected chi connectivity index (χ1v) is 7.29. The SMILES string of the molecule is COCCn1ncc(Br)c1C1(O)CCCC(C)C1. The average molecular weight is 317 g/mol. The maximum atomic E-state index is 10.9. The summed E-state index contributed by atoms with van der Waals surface area (Å²) in [5.41, 5.74) is 0.159. The highest BCUT2D eigenvalue weighted by atomic mass is 79.9. The first kappa shape index (κ1) is 14.0. The number of methoxy groups -OCH3 is 1. The molecule has 0 aromatic carbocycles. The van der Waals surface area contributed by atoms with E-state index >= 15 is 0 Å². The zero-order valence-corrected chi connectivity index (χ0v) is 12.6. The van der Waals surface area contributed by atoms with Crippen molar-refractivity contribution in [2.75, 3.05) is 13.7 Å². The molecule has 0 aliphatic heterocycles. The van der Waals surface area contributed by atoms with E-state index in [2.05, 4.69) is 28.0 Å². The molecule has 0 saturated heterocycles. The van der Waals surface area contributed by atoms with Gasteiger partial charge in [-0.25, -0.2) is 0 Å². The third-order valence-corrected chi connectivity index (χ3v) is 4.30. The molecular formula is C13H21BrN2O2. The summed E-state index contributed by atoms with van der Waals surface area (Å²) in [5.74, 6) is 0.557. The molecule has 0 spiro atoms. The van der Waals surface area contributed by atoms with Crippen LogP contribution in [0.25, 0.3) is 0 Å². The van der Waals surface area contributed by atoms with Crippen molar-refractivity contribution in [2.45, 2.75) is 44.8 Å². The molecule has 0 bridgehead atoms. The summed E-state index contributed by atoms with van der Waals surface area (Å²) in [6.45, 7) is 3.48. The zero-order valence-electron chi connectivity index (χ0n) is 11.0. The van der Waals surface area contributed by atoms with Gasteiger partial charge in [-0.2, -0.15) is 5.10 Å². The molecule has 1 saturated carbocycles. The van der Waals surface area contributed by atoms with E-state index in [0.717, 1.165) is 29.4 Å². The molecular weight excluding hydrogens is 296 g/mol. The van der Waals surface area contributed by atoms with Crippen LogP contribution in [-0.4, -0.2) is 28.6 Å². The first-order valence-electron chi connectivity index (χ1n) is 6.50. The number of halogens is 1. The molecule has 1 aliphatic carbocycles. The van der Waals surface area contributed by atoms with E-state index in [9.17, 15) is 5.11 Å². The Morgan fingerprint density at radius 1 is 1.67 bits per heavy atom. The van der Waals surface area contributed by atoms with Crippen LogP contribution in [0.2, 0.25) is 0 Å². The van der Waals surface area contributed by atoms with Gasteiger partial charge in [0.25, 0.3) is 0 Å². The highest BCUT2D eigenvalue weighted by Gasteiger charge is 2.38. The molecule has 5 heteroatoms. The summed E-state index contributed by atoms with van der Waals surface area (Å²) >= 11 is 3.52. The lowest BCUT2D eigenvalue weighted by Crippen LogP contribution is -2.35. The van der Waals surface area contributed by atoms with Crippen LogP contribution in [0.3, 0.4) is 0 Å². The second kappa shape index (κ2) is 5.72. The number of aliphatic hydroxyl groups is 1. The number of hydrogen-bond acceptors (Lipinski definition) is 3. The summed E-state index contributed by atoms with van der Waals surface area (Å²) in [6, 6.07) is 0. The molecule has 2 rings (SSSR count). The lowest BCUT2D eigenvalue weighted by atomic mass is 9.77. The van der Waals surface area contributed by atoms with Crippen LogP contribution in [0, 0.1) is 5.92 Å². The smallest absolute Gasteiger partial charge is 0.108 e. The lowest BCUT2D eigenvalue weighted by molar-refractivity contribution is -0.0267. The van der Waals surface area contributed by atoms with Gasteiger partial charge >= 0.3 is 0 Å². The predicted octanol–water partition coefficient (Wildman–Crippen LogP) is 2.69. The molecule has 1 aliphatic rings. The van der Waals surface area contributed by atoms with Gasteiger partial charge in [0.2, 0.25) is 0 Å². The number of rotatable bonds is 4. The van der Waals surface area contributed by atoms with Gasteiger partial charge in [-0.3, -0.25) is 4.68 Å². The van der Waals surface area contributed by atoms with E-state index < -0.39 is 5.60 Å². The highest BCUT2D eigenvalue weighted by Crippen LogP contribution is 2.42. The number of ether oxygens (including phenoxy) is 1. The molecule has 1 heterocycles. The first-order chi connectivity index (χ1) is 8.57. The highest BCUT2D eigenvalue weighted by molar-refractivity contribution is 9.10. The third-order valence-electron chi connectivity index (χ3n) is 3.72. The van der Waals surface area contributed by atoms with E-state index in [-0.39, 0.29) is 0 Å². The van der Waals surface area contributed by atoms with Crippen molar-refractivity contribution in [1.82, 2.24) is 9.78 Å². The summed E-state index contributed by atoms with van der Waals surface area (Å²) in [4.78, 5) is 0. The Kier molecular flexibility index (Phi) is 4.45. The minimum absolute atomic E-state index is 0.557. The summed E-state index contributed by atoms with van der Waals surface area (Å²) in [6.07, 6.45) is 5.66. The van der Waals surface area contributed by atoms with Gasteiger partial charge in [0.15, 0.2) is 0 Å². The van der Waals surface area contributed by atoms with E-state index in [1.807, 2.05) is 4.68 Å². The van der Waals surface area contributed by atoms with Gasteiger partial charge in [-0.05, 0) is 41.1 Å². The molecule has 1 fully saturated rings. The quantitative estimate of drug-likeness (QED) is 0.929. The standard InChI is InChI=1S/C13H21BrN2O2/c1-10-4-3-5-13(17,8-10)12-11(14)9-15-16(12)6-7-18-2/h9-10,17H,3-8H2,1-2H3. The molecule has 102 valence electrons. The lowest BCUT2D eigenvalue weighted by Gasteiger charge is -2.36. The Morgan fingerprint density at radius 2 is 2.44 bits per heavy atom. The number of hydrogen-bond donors (Lipinski definition) is 1. The van der Waals surface area contributed by atoms with Crippen molar-refractivity contribution in [3.8, 4) is 0 Å². The monoisotopic (exact) mass is 316 g/mol. The fourth-order valence-corrected chi connectivity index (χ4v) is 3.58. The second-order valence-electron chi connectivity index (χ2n) is 5.29. The zero-order chi connectivity index (χ0) is 13.2. The summed E-state index contributed by atoms with van der Waals surface area (Å²) in [5, 5.41) is 15.3. The molecule has 1 N–H and O–H groups in total. The van der Waals surface area contributed by atoms with Crippen molar-refractivity contribution in [2.24, 2.45) is 5.92 Å². The van der Waals surface area contributed by atoms with Crippen LogP contribution in [-0.2, 0) is 16.9 Å². The Labute approximate surface area is 116 Å². The third kappa shape index (κ3) is 2.78. The van der Waals surface area contributed by atoms with Crippen molar-refractivity contribution >= 4 is 15.9 Å². The van der Waals surface area contributed by atoms with Gasteiger partial charge in [0.05, 0.1) is 29.5 Å². The molecule has 0 radical (unpaired) electrons. The van der Waals surface area contributed by atoms with Gasteiger partial charge in [0.1, 0.15) is 5.60 Å². The average Bonchev–Trinajstić information content (AvgIpc) is 2.68. The minimum Gasteiger partial charge on any atom is -0.384 e. The van der Waals surface area contributed by atoms with Crippen molar-refractivity contribution < 1.29 is 9.84 Å². The van der Waals surface area contributed by atoms with E-state index in [1.165, 1.54) is 6.42 Å². The molecule has 2 unspecified atom stereocenters. The molecule has 0 amide bonds. The van der Waals surface area contributed by atoms with Gasteiger partial charge in [0, 0.05) is 7.11 Å². The molecule has 4 nitrogen and oxygen atoms in total. The maximum absolute atomic E-state index is 10.9. The minimum atomic E-state index is -0.749. The number of nitrogens with zero attached hydrogens (tertiary/aromatic N) is 2. The Balaban J connectivity index is 2.27. The molecule has 18 heavy (non-hydrogen) atoms. The Hall–Kier alpha value is -0.390. The van der Waals surface area contributed by atoms with Crippen molar-refractivity contribution in [3.63, 3.8) is 0 Å². The van der Waals surface area contributed by atoms with Crippen molar-refractivity contribution in [3.05, 3.63) is 16.4 Å². The molecule has 1 aromatic heterocycles. The van der Waals surface area contributed by atoms with Crippen LogP contribution >= 0.6 is 15.9 Å². The van der Waals surface area contributed by atoms with Crippen LogP contribution in [0.1, 0.15) is 38.3 Å². The number of aromatic nitrogens is 2. The van der Waals surface area contributed by atoms with Gasteiger partial charge in [-0.15, -0.1) is 0 Å². The van der Waals surface area contributed by atoms with Crippen LogP contribution in [0.4, 0.5) is 0 Å². The normalized spacial score (nSPS) is 28.6. The fraction of sp³-hybridized carbons (Fsp3) is 0.769. The fourth-order valence-electron chi connectivity index (χ4n) is 2.91. The largest absolute Gasteiger partial charge is 0.384 e. The maximum Gasteiger partial charge on any atom is 0.108 e. The van der Waals surface area contributed by atoms with E-state index in [4.69, 9.17) is 4.74 Å². The van der Waals surface area contributed by atoms with Crippen LogP contribution in [0.5, 0.6) is 0 Å². The van der Waals surface area contributed by atoms with Gasteiger partial charge in [-0.1, -0.05) is 13.3 Å². The molecule has 2 atom stereocenters. The second-order valence-corrected chi connectivity index (χ2v) is 6.14. The predicted molar refractivity (Wildman–Crippen MR) is 73.3 cm³/mol. The van der Waals surface area contributed by atoms with Crippen LogP contribution in [0.15, 0.2) is 10.7 Å². The van der Waals surface area contributed by atoms with Gasteiger partial charge < -0.3 is 9.84 Å². The summed E-state index contributed by atoms with van der Waals surface area (Å²) < 4.78 is 7.86. The van der Waals surface area contributed by atoms with Crippen LogP contribution < -0.4 is 0 Å². The Morgan fingerprint density at radius 3 is 3.11 bits per heavy atom. The van der Waals surface area contributed by atoms with E-state index in [1.54, 1.807) is 13.3 Å². The van der Waals surface area contributed by atoms with Crippen molar-refractivity contribution in [1.29, 1.82) is 0 Å². The topological polar surface area (TPSA) is 47.3 Å². The van der Waals surface area contributed by atoms with E-state index in [0.29, 0.717) is 19.1 Å². The Bertz CT molecular complexity index is 408. The molecule has 1 aromatic rings.